The lowest BCUT2D eigenvalue weighted by atomic mass is 9.90. The van der Waals surface area contributed by atoms with Crippen molar-refractivity contribution in [2.24, 2.45) is 5.73 Å². The maximum Gasteiger partial charge on any atom is 0.239 e. The minimum Gasteiger partial charge on any atom is -0.342 e. The third-order valence-electron chi connectivity index (χ3n) is 4.09. The van der Waals surface area contributed by atoms with E-state index in [1.807, 2.05) is 18.7 Å². The van der Waals surface area contributed by atoms with Gasteiger partial charge in [-0.05, 0) is 46.6 Å². The Morgan fingerprint density at radius 3 is 2.33 bits per heavy atom. The first-order chi connectivity index (χ1) is 8.65. The molecule has 18 heavy (non-hydrogen) atoms. The Labute approximate surface area is 111 Å². The molecular weight excluding hydrogens is 226 g/mol. The fraction of sp³-hybridized carbons (Fsp3) is 0.929. The highest BCUT2D eigenvalue weighted by atomic mass is 16.2. The second-order valence-electron chi connectivity index (χ2n) is 5.15. The molecule has 4 heteroatoms. The molecule has 0 aromatic rings. The van der Waals surface area contributed by atoms with Crippen LogP contribution in [0, 0.1) is 0 Å². The molecule has 0 saturated heterocycles. The fourth-order valence-corrected chi connectivity index (χ4v) is 2.63. The number of likely N-dealkylation sites (N-methyl/N-ethyl adjacent to an activating group) is 1. The second-order valence-corrected chi connectivity index (χ2v) is 5.15. The van der Waals surface area contributed by atoms with Crippen LogP contribution in [0.4, 0.5) is 0 Å². The summed E-state index contributed by atoms with van der Waals surface area (Å²) in [5, 5.41) is 0. The van der Waals surface area contributed by atoms with E-state index in [1.54, 1.807) is 0 Å². The van der Waals surface area contributed by atoms with Crippen LogP contribution in [0.3, 0.4) is 0 Å². The molecule has 0 aromatic heterocycles. The van der Waals surface area contributed by atoms with Crippen molar-refractivity contribution in [1.82, 2.24) is 9.80 Å². The van der Waals surface area contributed by atoms with Crippen molar-refractivity contribution in [2.75, 3.05) is 26.2 Å². The summed E-state index contributed by atoms with van der Waals surface area (Å²) in [6, 6.07) is 0.604. The van der Waals surface area contributed by atoms with E-state index in [0.717, 1.165) is 26.1 Å². The predicted molar refractivity (Wildman–Crippen MR) is 75.4 cm³/mol. The van der Waals surface area contributed by atoms with Crippen LogP contribution in [0.5, 0.6) is 0 Å². The summed E-state index contributed by atoms with van der Waals surface area (Å²) < 4.78 is 0. The lowest BCUT2D eigenvalue weighted by Gasteiger charge is -2.42. The lowest BCUT2D eigenvalue weighted by molar-refractivity contribution is -0.137. The van der Waals surface area contributed by atoms with E-state index in [0.29, 0.717) is 12.6 Å². The molecule has 0 bridgehead atoms. The number of amides is 1. The van der Waals surface area contributed by atoms with E-state index in [2.05, 4.69) is 11.8 Å². The largest absolute Gasteiger partial charge is 0.342 e. The van der Waals surface area contributed by atoms with Gasteiger partial charge in [-0.3, -0.25) is 9.69 Å². The Morgan fingerprint density at radius 2 is 1.94 bits per heavy atom. The molecule has 2 N–H and O–H groups in total. The first kappa shape index (κ1) is 15.4. The van der Waals surface area contributed by atoms with Crippen molar-refractivity contribution in [1.29, 1.82) is 0 Å². The minimum absolute atomic E-state index is 0.00162. The lowest BCUT2D eigenvalue weighted by Crippen LogP contribution is -2.53. The van der Waals surface area contributed by atoms with Crippen LogP contribution in [0.15, 0.2) is 0 Å². The number of hydrogen-bond donors (Lipinski definition) is 1. The predicted octanol–water partition coefficient (Wildman–Crippen LogP) is 1.45. The minimum atomic E-state index is 0.00162. The Hall–Kier alpha value is -0.610. The molecule has 0 aromatic carbocycles. The van der Waals surface area contributed by atoms with Gasteiger partial charge in [0.2, 0.25) is 5.91 Å². The zero-order valence-corrected chi connectivity index (χ0v) is 12.2. The maximum atomic E-state index is 12.4. The molecule has 1 unspecified atom stereocenters. The van der Waals surface area contributed by atoms with E-state index in [9.17, 15) is 4.79 Å². The van der Waals surface area contributed by atoms with E-state index in [4.69, 9.17) is 5.73 Å². The van der Waals surface area contributed by atoms with E-state index in [-0.39, 0.29) is 11.9 Å². The van der Waals surface area contributed by atoms with Gasteiger partial charge in [0.05, 0.1) is 6.04 Å². The Bertz CT molecular complexity index is 249. The number of carbonyl (C=O) groups is 1. The Balaban J connectivity index is 2.61. The highest BCUT2D eigenvalue weighted by Crippen LogP contribution is 2.27. The summed E-state index contributed by atoms with van der Waals surface area (Å²) in [5.41, 5.74) is 5.60. The van der Waals surface area contributed by atoms with Crippen LogP contribution < -0.4 is 5.73 Å². The molecule has 1 atom stereocenters. The van der Waals surface area contributed by atoms with Crippen LogP contribution in [-0.2, 0) is 4.79 Å². The SMILES string of the molecule is CCN(CC)C(=O)C(C)N(CCCN)C1CCC1. The third kappa shape index (κ3) is 3.69. The summed E-state index contributed by atoms with van der Waals surface area (Å²) in [5.74, 6) is 0.268. The van der Waals surface area contributed by atoms with Gasteiger partial charge < -0.3 is 10.6 Å². The topological polar surface area (TPSA) is 49.6 Å². The van der Waals surface area contributed by atoms with Gasteiger partial charge in [-0.1, -0.05) is 6.42 Å². The van der Waals surface area contributed by atoms with Gasteiger partial charge in [0.1, 0.15) is 0 Å². The van der Waals surface area contributed by atoms with Crippen LogP contribution >= 0.6 is 0 Å². The van der Waals surface area contributed by atoms with E-state index < -0.39 is 0 Å². The van der Waals surface area contributed by atoms with Gasteiger partial charge in [-0.25, -0.2) is 0 Å². The molecule has 1 amide bonds. The van der Waals surface area contributed by atoms with Crippen LogP contribution in [0.25, 0.3) is 0 Å². The molecule has 106 valence electrons. The molecule has 4 nitrogen and oxygen atoms in total. The molecule has 0 spiro atoms. The van der Waals surface area contributed by atoms with Crippen molar-refractivity contribution in [3.05, 3.63) is 0 Å². The van der Waals surface area contributed by atoms with Crippen molar-refractivity contribution in [3.8, 4) is 0 Å². The van der Waals surface area contributed by atoms with Crippen molar-refractivity contribution in [2.45, 2.75) is 58.5 Å². The van der Waals surface area contributed by atoms with Crippen LogP contribution in [0.2, 0.25) is 0 Å². The van der Waals surface area contributed by atoms with Gasteiger partial charge in [0.25, 0.3) is 0 Å². The van der Waals surface area contributed by atoms with Gasteiger partial charge in [-0.2, -0.15) is 0 Å². The second kappa shape index (κ2) is 7.74. The number of nitrogens with two attached hydrogens (primary N) is 1. The van der Waals surface area contributed by atoms with Crippen molar-refractivity contribution in [3.63, 3.8) is 0 Å². The fourth-order valence-electron chi connectivity index (χ4n) is 2.63. The quantitative estimate of drug-likeness (QED) is 0.714. The van der Waals surface area contributed by atoms with E-state index >= 15 is 0 Å². The van der Waals surface area contributed by atoms with Gasteiger partial charge in [0, 0.05) is 25.7 Å². The number of rotatable bonds is 8. The molecule has 1 aliphatic rings. The summed E-state index contributed by atoms with van der Waals surface area (Å²) in [6.07, 6.45) is 4.75. The van der Waals surface area contributed by atoms with Gasteiger partial charge in [0.15, 0.2) is 0 Å². The summed E-state index contributed by atoms with van der Waals surface area (Å²) in [4.78, 5) is 16.7. The first-order valence-electron chi connectivity index (χ1n) is 7.40. The zero-order valence-electron chi connectivity index (χ0n) is 12.2. The molecular formula is C14H29N3O. The van der Waals surface area contributed by atoms with E-state index in [1.165, 1.54) is 19.3 Å². The standard InChI is InChI=1S/C14H29N3O/c1-4-16(5-2)14(18)12(3)17(11-7-10-15)13-8-6-9-13/h12-13H,4-11,15H2,1-3H3. The number of carbonyl (C=O) groups excluding carboxylic acids is 1. The summed E-state index contributed by atoms with van der Waals surface area (Å²) in [6.45, 7) is 9.40. The summed E-state index contributed by atoms with van der Waals surface area (Å²) in [7, 11) is 0. The normalized spacial score (nSPS) is 17.6. The molecule has 1 saturated carbocycles. The molecule has 1 fully saturated rings. The number of nitrogens with zero attached hydrogens (tertiary/aromatic N) is 2. The average molecular weight is 255 g/mol. The van der Waals surface area contributed by atoms with Crippen molar-refractivity contribution >= 4 is 5.91 Å². The third-order valence-corrected chi connectivity index (χ3v) is 4.09. The first-order valence-corrected chi connectivity index (χ1v) is 7.40. The van der Waals surface area contributed by atoms with Crippen LogP contribution in [-0.4, -0.2) is 54.0 Å². The van der Waals surface area contributed by atoms with Crippen LogP contribution in [0.1, 0.15) is 46.5 Å². The monoisotopic (exact) mass is 255 g/mol. The Morgan fingerprint density at radius 1 is 1.33 bits per heavy atom. The molecule has 0 radical (unpaired) electrons. The zero-order chi connectivity index (χ0) is 13.5. The highest BCUT2D eigenvalue weighted by Gasteiger charge is 2.32. The molecule has 1 aliphatic carbocycles. The number of hydrogen-bond acceptors (Lipinski definition) is 3. The maximum absolute atomic E-state index is 12.4. The summed E-state index contributed by atoms with van der Waals surface area (Å²) >= 11 is 0. The Kier molecular flexibility index (Phi) is 6.65. The smallest absolute Gasteiger partial charge is 0.239 e. The highest BCUT2D eigenvalue weighted by molar-refractivity contribution is 5.81. The molecule has 1 rings (SSSR count). The van der Waals surface area contributed by atoms with Gasteiger partial charge >= 0.3 is 0 Å². The molecule has 0 heterocycles. The average Bonchev–Trinajstić information content (AvgIpc) is 2.32. The van der Waals surface area contributed by atoms with Gasteiger partial charge in [-0.15, -0.1) is 0 Å². The van der Waals surface area contributed by atoms with Crippen molar-refractivity contribution < 1.29 is 4.79 Å². The molecule has 0 aliphatic heterocycles.